The van der Waals surface area contributed by atoms with Gasteiger partial charge in [0.05, 0.1) is 5.41 Å². The Morgan fingerprint density at radius 3 is 1.94 bits per heavy atom. The molecule has 0 amide bonds. The molecule has 1 rings (SSSR count). The zero-order valence-corrected chi connectivity index (χ0v) is 12.7. The minimum Gasteiger partial charge on any atom is -0.459 e. The monoisotopic (exact) mass is 240 g/mol. The Morgan fingerprint density at radius 2 is 1.53 bits per heavy atom. The van der Waals surface area contributed by atoms with Crippen LogP contribution in [-0.4, -0.2) is 11.6 Å². The largest absolute Gasteiger partial charge is 0.459 e. The summed E-state index contributed by atoms with van der Waals surface area (Å²) in [6.45, 7) is 17.1. The fraction of sp³-hybridized carbons (Fsp3) is 0.933. The molecule has 1 fully saturated rings. The van der Waals surface area contributed by atoms with Gasteiger partial charge in [0.25, 0.3) is 0 Å². The summed E-state index contributed by atoms with van der Waals surface area (Å²) in [5, 5.41) is 0. The highest BCUT2D eigenvalue weighted by Gasteiger charge is 2.58. The maximum Gasteiger partial charge on any atom is 0.312 e. The number of carbonyl (C=O) groups excluding carboxylic acids is 1. The number of rotatable bonds is 1. The third-order valence-corrected chi connectivity index (χ3v) is 5.67. The van der Waals surface area contributed by atoms with Crippen LogP contribution in [0.1, 0.15) is 68.2 Å². The number of hydrogen-bond acceptors (Lipinski definition) is 2. The molecular formula is C15H28O2. The number of cyclic esters (lactones) is 1. The van der Waals surface area contributed by atoms with Crippen molar-refractivity contribution >= 4 is 5.97 Å². The van der Waals surface area contributed by atoms with Gasteiger partial charge in [0.15, 0.2) is 0 Å². The van der Waals surface area contributed by atoms with Crippen LogP contribution in [0.25, 0.3) is 0 Å². The smallest absolute Gasteiger partial charge is 0.312 e. The molecule has 1 atom stereocenters. The van der Waals surface area contributed by atoms with Gasteiger partial charge in [0, 0.05) is 0 Å². The molecule has 0 aromatic carbocycles. The summed E-state index contributed by atoms with van der Waals surface area (Å²) >= 11 is 0. The van der Waals surface area contributed by atoms with Crippen LogP contribution in [0.4, 0.5) is 0 Å². The maximum absolute atomic E-state index is 12.4. The van der Waals surface area contributed by atoms with Gasteiger partial charge in [0.2, 0.25) is 0 Å². The van der Waals surface area contributed by atoms with Crippen LogP contribution < -0.4 is 0 Å². The van der Waals surface area contributed by atoms with Crippen LogP contribution in [0, 0.1) is 16.2 Å². The van der Waals surface area contributed by atoms with E-state index >= 15 is 0 Å². The third-order valence-electron chi connectivity index (χ3n) is 5.67. The van der Waals surface area contributed by atoms with Crippen molar-refractivity contribution in [2.45, 2.75) is 73.8 Å². The number of ether oxygens (including phenoxy) is 1. The molecule has 2 nitrogen and oxygen atoms in total. The second-order valence-corrected chi connectivity index (χ2v) is 7.50. The SMILES string of the molecule is CCC1(C)CC(C)(C)C(C)(C)C(C)(C)C(=O)O1. The molecule has 2 heteroatoms. The third kappa shape index (κ3) is 2.00. The molecule has 1 aliphatic rings. The average Bonchev–Trinajstić information content (AvgIpc) is 2.17. The molecular weight excluding hydrogens is 212 g/mol. The van der Waals surface area contributed by atoms with Crippen molar-refractivity contribution in [1.29, 1.82) is 0 Å². The van der Waals surface area contributed by atoms with Crippen molar-refractivity contribution < 1.29 is 9.53 Å². The predicted octanol–water partition coefficient (Wildman–Crippen LogP) is 4.18. The van der Waals surface area contributed by atoms with Crippen LogP contribution in [0.2, 0.25) is 0 Å². The second kappa shape index (κ2) is 3.73. The minimum absolute atomic E-state index is 0.0579. The van der Waals surface area contributed by atoms with Crippen LogP contribution in [-0.2, 0) is 9.53 Å². The van der Waals surface area contributed by atoms with E-state index in [1.165, 1.54) is 0 Å². The van der Waals surface area contributed by atoms with Crippen molar-refractivity contribution in [1.82, 2.24) is 0 Å². The Bertz CT molecular complexity index is 326. The van der Waals surface area contributed by atoms with Crippen molar-refractivity contribution in [2.24, 2.45) is 16.2 Å². The summed E-state index contributed by atoms with van der Waals surface area (Å²) in [6.07, 6.45) is 1.78. The van der Waals surface area contributed by atoms with E-state index in [9.17, 15) is 4.79 Å². The molecule has 1 heterocycles. The standard InChI is InChI=1S/C15H28O2/c1-9-15(8)10-12(2,3)14(6,7)13(4,5)11(16)17-15/h9-10H2,1-8H3. The van der Waals surface area contributed by atoms with Gasteiger partial charge in [-0.15, -0.1) is 0 Å². The van der Waals surface area contributed by atoms with Crippen LogP contribution in [0.5, 0.6) is 0 Å². The van der Waals surface area contributed by atoms with Gasteiger partial charge in [-0.05, 0) is 44.4 Å². The lowest BCUT2D eigenvalue weighted by Crippen LogP contribution is -2.47. The fourth-order valence-corrected chi connectivity index (χ4v) is 2.84. The molecule has 0 aromatic heterocycles. The Kier molecular flexibility index (Phi) is 3.19. The number of carbonyl (C=O) groups is 1. The van der Waals surface area contributed by atoms with Gasteiger partial charge in [-0.25, -0.2) is 0 Å². The first kappa shape index (κ1) is 14.5. The fourth-order valence-electron chi connectivity index (χ4n) is 2.84. The Morgan fingerprint density at radius 1 is 1.06 bits per heavy atom. The van der Waals surface area contributed by atoms with E-state index in [-0.39, 0.29) is 22.4 Å². The Labute approximate surface area is 106 Å². The van der Waals surface area contributed by atoms with Crippen molar-refractivity contribution in [3.8, 4) is 0 Å². The Hall–Kier alpha value is -0.530. The predicted molar refractivity (Wildman–Crippen MR) is 70.7 cm³/mol. The number of esters is 1. The summed E-state index contributed by atoms with van der Waals surface area (Å²) in [4.78, 5) is 12.4. The van der Waals surface area contributed by atoms with E-state index < -0.39 is 5.41 Å². The number of hydrogen-bond donors (Lipinski definition) is 0. The highest BCUT2D eigenvalue weighted by Crippen LogP contribution is 2.58. The normalized spacial score (nSPS) is 34.9. The molecule has 1 unspecified atom stereocenters. The molecule has 0 N–H and O–H groups in total. The molecule has 17 heavy (non-hydrogen) atoms. The summed E-state index contributed by atoms with van der Waals surface area (Å²) in [5.74, 6) is -0.0579. The highest BCUT2D eigenvalue weighted by molar-refractivity contribution is 5.78. The molecule has 1 aliphatic heterocycles. The average molecular weight is 240 g/mol. The van der Waals surface area contributed by atoms with Crippen molar-refractivity contribution in [3.05, 3.63) is 0 Å². The van der Waals surface area contributed by atoms with Crippen molar-refractivity contribution in [3.63, 3.8) is 0 Å². The molecule has 0 aromatic rings. The lowest BCUT2D eigenvalue weighted by molar-refractivity contribution is -0.170. The Balaban J connectivity index is 3.34. The van der Waals surface area contributed by atoms with Crippen molar-refractivity contribution in [2.75, 3.05) is 0 Å². The quantitative estimate of drug-likeness (QED) is 0.643. The van der Waals surface area contributed by atoms with Crippen LogP contribution in [0.3, 0.4) is 0 Å². The van der Waals surface area contributed by atoms with Gasteiger partial charge in [-0.1, -0.05) is 34.6 Å². The van der Waals surface area contributed by atoms with E-state index in [1.807, 2.05) is 13.8 Å². The topological polar surface area (TPSA) is 26.3 Å². The van der Waals surface area contributed by atoms with E-state index in [1.54, 1.807) is 0 Å². The molecule has 100 valence electrons. The summed E-state index contributed by atoms with van der Waals surface area (Å²) < 4.78 is 5.80. The molecule has 0 saturated carbocycles. The van der Waals surface area contributed by atoms with Crippen LogP contribution in [0.15, 0.2) is 0 Å². The van der Waals surface area contributed by atoms with E-state index in [4.69, 9.17) is 4.74 Å². The summed E-state index contributed by atoms with van der Waals surface area (Å²) in [6, 6.07) is 0. The van der Waals surface area contributed by atoms with Gasteiger partial charge in [-0.2, -0.15) is 0 Å². The molecule has 0 radical (unpaired) electrons. The van der Waals surface area contributed by atoms with Gasteiger partial charge < -0.3 is 4.74 Å². The van der Waals surface area contributed by atoms with Gasteiger partial charge >= 0.3 is 5.97 Å². The molecule has 0 aliphatic carbocycles. The summed E-state index contributed by atoms with van der Waals surface area (Å²) in [5.41, 5.74) is -0.813. The van der Waals surface area contributed by atoms with Gasteiger partial charge in [-0.3, -0.25) is 4.79 Å². The van der Waals surface area contributed by atoms with Crippen LogP contribution >= 0.6 is 0 Å². The summed E-state index contributed by atoms with van der Waals surface area (Å²) in [7, 11) is 0. The molecule has 0 spiro atoms. The maximum atomic E-state index is 12.4. The highest BCUT2D eigenvalue weighted by atomic mass is 16.6. The first-order valence-corrected chi connectivity index (χ1v) is 6.63. The first-order valence-electron chi connectivity index (χ1n) is 6.63. The zero-order valence-electron chi connectivity index (χ0n) is 12.7. The van der Waals surface area contributed by atoms with E-state index in [0.29, 0.717) is 0 Å². The first-order chi connectivity index (χ1) is 7.40. The van der Waals surface area contributed by atoms with Gasteiger partial charge in [0.1, 0.15) is 5.60 Å². The van der Waals surface area contributed by atoms with E-state index in [0.717, 1.165) is 12.8 Å². The lowest BCUT2D eigenvalue weighted by Gasteiger charge is -2.48. The lowest BCUT2D eigenvalue weighted by atomic mass is 9.53. The second-order valence-electron chi connectivity index (χ2n) is 7.50. The minimum atomic E-state index is -0.455. The molecule has 0 bridgehead atoms. The molecule has 1 saturated heterocycles. The zero-order chi connectivity index (χ0) is 13.7. The van der Waals surface area contributed by atoms with E-state index in [2.05, 4.69) is 41.5 Å².